The van der Waals surface area contributed by atoms with Gasteiger partial charge in [0, 0.05) is 11.8 Å². The Hall–Kier alpha value is -3.15. The van der Waals surface area contributed by atoms with Crippen molar-refractivity contribution in [3.05, 3.63) is 29.5 Å². The summed E-state index contributed by atoms with van der Waals surface area (Å²) in [6.45, 7) is 3.97. The Balaban J connectivity index is 0.000000360. The lowest BCUT2D eigenvalue weighted by molar-refractivity contribution is -0.192. The lowest BCUT2D eigenvalue weighted by atomic mass is 9.76. The number of ether oxygens (including phenoxy) is 1. The Morgan fingerprint density at radius 1 is 1.31 bits per heavy atom. The van der Waals surface area contributed by atoms with E-state index in [1.807, 2.05) is 25.1 Å². The Morgan fingerprint density at radius 2 is 1.97 bits per heavy atom. The third-order valence-corrected chi connectivity index (χ3v) is 5.63. The predicted molar refractivity (Wildman–Crippen MR) is 106 cm³/mol. The minimum atomic E-state index is -5.08. The zero-order valence-corrected chi connectivity index (χ0v) is 17.2. The number of carboxylic acids is 1. The molecule has 1 aromatic heterocycles. The van der Waals surface area contributed by atoms with Gasteiger partial charge in [-0.1, -0.05) is 18.2 Å². The number of nitrogens with zero attached hydrogens (tertiary/aromatic N) is 1. The first-order valence-electron chi connectivity index (χ1n) is 9.97. The van der Waals surface area contributed by atoms with Crippen molar-refractivity contribution >= 4 is 28.7 Å². The number of benzene rings is 1. The van der Waals surface area contributed by atoms with Crippen molar-refractivity contribution in [1.29, 1.82) is 0 Å². The summed E-state index contributed by atoms with van der Waals surface area (Å²) in [6.07, 6.45) is -3.05. The Morgan fingerprint density at radius 3 is 2.59 bits per heavy atom. The molecule has 2 aromatic rings. The van der Waals surface area contributed by atoms with Crippen molar-refractivity contribution in [2.24, 2.45) is 5.41 Å². The lowest BCUT2D eigenvalue weighted by Crippen LogP contribution is -2.39. The predicted octanol–water partition coefficient (Wildman–Crippen LogP) is 1.92. The molecule has 4 rings (SSSR count). The molecule has 174 valence electrons. The number of aromatic amines is 1. The maximum atomic E-state index is 12.5. The first-order valence-corrected chi connectivity index (χ1v) is 9.97. The number of hydrogen-bond donors (Lipinski definition) is 4. The van der Waals surface area contributed by atoms with Crippen LogP contribution in [0.2, 0.25) is 0 Å². The van der Waals surface area contributed by atoms with Crippen LogP contribution in [0.1, 0.15) is 35.3 Å². The second kappa shape index (κ2) is 9.15. The third-order valence-electron chi connectivity index (χ3n) is 5.63. The van der Waals surface area contributed by atoms with E-state index in [4.69, 9.17) is 14.6 Å². The number of para-hydroxylation sites is 1. The maximum Gasteiger partial charge on any atom is 0.490 e. The molecule has 32 heavy (non-hydrogen) atoms. The molecule has 1 atom stereocenters. The van der Waals surface area contributed by atoms with Crippen LogP contribution < -0.4 is 10.6 Å². The Kier molecular flexibility index (Phi) is 6.72. The third kappa shape index (κ3) is 5.01. The molecule has 1 unspecified atom stereocenters. The van der Waals surface area contributed by atoms with E-state index in [0.29, 0.717) is 18.7 Å². The van der Waals surface area contributed by atoms with E-state index in [1.54, 1.807) is 0 Å². The molecule has 0 bridgehead atoms. The molecule has 3 heterocycles. The second-order valence-corrected chi connectivity index (χ2v) is 7.84. The van der Waals surface area contributed by atoms with Crippen LogP contribution in [-0.2, 0) is 14.3 Å². The van der Waals surface area contributed by atoms with Crippen LogP contribution in [0.4, 0.5) is 13.2 Å². The molecule has 1 amide bonds. The number of aromatic nitrogens is 2. The number of hydrogen-bond acceptors (Lipinski definition) is 6. The summed E-state index contributed by atoms with van der Waals surface area (Å²) < 4.78 is 37.3. The fourth-order valence-electron chi connectivity index (χ4n) is 3.91. The molecule has 4 N–H and O–H groups in total. The van der Waals surface area contributed by atoms with Gasteiger partial charge in [-0.2, -0.15) is 18.3 Å². The number of esters is 1. The minimum Gasteiger partial charge on any atom is -0.475 e. The van der Waals surface area contributed by atoms with Crippen molar-refractivity contribution in [1.82, 2.24) is 20.8 Å². The number of fused-ring (bicyclic) bond motifs is 1. The van der Waals surface area contributed by atoms with Crippen LogP contribution in [0.3, 0.4) is 0 Å². The highest BCUT2D eigenvalue weighted by Gasteiger charge is 2.49. The summed E-state index contributed by atoms with van der Waals surface area (Å²) in [6, 6.07) is 5.74. The molecule has 12 heteroatoms. The number of piperidine rings is 1. The number of halogens is 3. The highest BCUT2D eigenvalue weighted by Crippen LogP contribution is 2.41. The number of nitrogens with one attached hydrogen (secondary N) is 3. The van der Waals surface area contributed by atoms with Gasteiger partial charge >= 0.3 is 18.1 Å². The van der Waals surface area contributed by atoms with Crippen LogP contribution in [0.15, 0.2) is 18.2 Å². The zero-order valence-electron chi connectivity index (χ0n) is 17.2. The smallest absolute Gasteiger partial charge is 0.475 e. The number of carbonyl (C=O) groups is 3. The number of aliphatic carboxylic acids is 1. The van der Waals surface area contributed by atoms with Gasteiger partial charge in [-0.05, 0) is 38.4 Å². The minimum absolute atomic E-state index is 0.115. The summed E-state index contributed by atoms with van der Waals surface area (Å²) in [7, 11) is 0. The van der Waals surface area contributed by atoms with Gasteiger partial charge in [0.2, 0.25) is 0 Å². The van der Waals surface area contributed by atoms with Crippen LogP contribution in [0.25, 0.3) is 10.9 Å². The van der Waals surface area contributed by atoms with E-state index < -0.39 is 12.1 Å². The summed E-state index contributed by atoms with van der Waals surface area (Å²) in [5, 5.41) is 21.1. The Labute approximate surface area is 180 Å². The number of rotatable bonds is 3. The van der Waals surface area contributed by atoms with Gasteiger partial charge in [-0.3, -0.25) is 14.7 Å². The monoisotopic (exact) mass is 456 g/mol. The van der Waals surface area contributed by atoms with E-state index in [9.17, 15) is 22.8 Å². The molecule has 2 aliphatic rings. The van der Waals surface area contributed by atoms with Crippen molar-refractivity contribution in [2.45, 2.75) is 38.5 Å². The van der Waals surface area contributed by atoms with Crippen LogP contribution in [0, 0.1) is 12.3 Å². The average Bonchev–Trinajstić information content (AvgIpc) is 3.29. The number of aryl methyl sites for hydroxylation is 1. The summed E-state index contributed by atoms with van der Waals surface area (Å²) in [5.41, 5.74) is 1.90. The Bertz CT molecular complexity index is 1010. The van der Waals surface area contributed by atoms with E-state index in [-0.39, 0.29) is 23.4 Å². The molecule has 0 radical (unpaired) electrons. The lowest BCUT2D eigenvalue weighted by Gasteiger charge is -2.29. The van der Waals surface area contributed by atoms with E-state index in [1.165, 1.54) is 0 Å². The van der Waals surface area contributed by atoms with Gasteiger partial charge in [0.25, 0.3) is 5.91 Å². The summed E-state index contributed by atoms with van der Waals surface area (Å²) >= 11 is 0. The van der Waals surface area contributed by atoms with Gasteiger partial charge < -0.3 is 20.5 Å². The van der Waals surface area contributed by atoms with Gasteiger partial charge in [-0.25, -0.2) is 4.79 Å². The number of carboxylic acid groups (broad SMARTS) is 1. The topological polar surface area (TPSA) is 133 Å². The quantitative estimate of drug-likeness (QED) is 0.519. The van der Waals surface area contributed by atoms with Crippen molar-refractivity contribution in [3.8, 4) is 0 Å². The van der Waals surface area contributed by atoms with Gasteiger partial charge in [0.15, 0.2) is 0 Å². The molecule has 2 fully saturated rings. The number of cyclic esters (lactones) is 1. The number of carbonyl (C=O) groups excluding carboxylic acids is 2. The SMILES string of the molecule is Cc1cccc2c(C(=O)NCC3CC4(CCNCC4)C(=O)O3)[nH]nc12.O=C(O)C(F)(F)F. The van der Waals surface area contributed by atoms with Gasteiger partial charge in [-0.15, -0.1) is 0 Å². The number of alkyl halides is 3. The van der Waals surface area contributed by atoms with E-state index >= 15 is 0 Å². The first kappa shape index (κ1) is 23.5. The summed E-state index contributed by atoms with van der Waals surface area (Å²) in [4.78, 5) is 33.7. The van der Waals surface area contributed by atoms with Crippen LogP contribution in [0.5, 0.6) is 0 Å². The van der Waals surface area contributed by atoms with Crippen LogP contribution in [-0.4, -0.2) is 65.1 Å². The van der Waals surface area contributed by atoms with E-state index in [2.05, 4.69) is 20.8 Å². The molecule has 9 nitrogen and oxygen atoms in total. The molecule has 2 saturated heterocycles. The maximum absolute atomic E-state index is 12.5. The molecule has 0 saturated carbocycles. The number of H-pyrrole nitrogens is 1. The first-order chi connectivity index (χ1) is 15.0. The molecule has 0 aliphatic carbocycles. The molecular weight excluding hydrogens is 433 g/mol. The second-order valence-electron chi connectivity index (χ2n) is 7.84. The standard InChI is InChI=1S/C18H22N4O3.C2HF3O2/c1-11-3-2-4-13-14(11)21-22-15(13)16(23)20-10-12-9-18(17(24)25-12)5-7-19-8-6-18;3-2(4,5)1(6)7/h2-4,12,19H,5-10H2,1H3,(H,20,23)(H,21,22);(H,6,7). The highest BCUT2D eigenvalue weighted by molar-refractivity contribution is 6.05. The van der Waals surface area contributed by atoms with E-state index in [0.717, 1.165) is 42.4 Å². The highest BCUT2D eigenvalue weighted by atomic mass is 19.4. The van der Waals surface area contributed by atoms with Gasteiger partial charge in [0.1, 0.15) is 11.8 Å². The largest absolute Gasteiger partial charge is 0.490 e. The number of amides is 1. The van der Waals surface area contributed by atoms with Crippen molar-refractivity contribution < 1.29 is 37.4 Å². The van der Waals surface area contributed by atoms with Crippen LogP contribution >= 0.6 is 0 Å². The molecule has 1 aromatic carbocycles. The molecule has 2 aliphatic heterocycles. The molecule has 1 spiro atoms. The normalized spacial score (nSPS) is 19.9. The average molecular weight is 456 g/mol. The fourth-order valence-corrected chi connectivity index (χ4v) is 3.91. The fraction of sp³-hybridized carbons (Fsp3) is 0.500. The van der Waals surface area contributed by atoms with Crippen molar-refractivity contribution in [3.63, 3.8) is 0 Å². The zero-order chi connectivity index (χ0) is 23.5. The van der Waals surface area contributed by atoms with Gasteiger partial charge in [0.05, 0.1) is 17.5 Å². The summed E-state index contributed by atoms with van der Waals surface area (Å²) in [5.74, 6) is -3.10. The van der Waals surface area contributed by atoms with Crippen molar-refractivity contribution in [2.75, 3.05) is 19.6 Å². The molecular formula is C20H23F3N4O5.